The first-order valence-corrected chi connectivity index (χ1v) is 14.1. The van der Waals surface area contributed by atoms with Crippen LogP contribution in [-0.2, 0) is 11.2 Å². The zero-order chi connectivity index (χ0) is 28.5. The van der Waals surface area contributed by atoms with Crippen molar-refractivity contribution in [1.82, 2.24) is 9.78 Å². The van der Waals surface area contributed by atoms with Crippen LogP contribution in [0.4, 0.5) is 11.4 Å². The molecular formula is C32H33N5O4. The largest absolute Gasteiger partial charge is 0.493 e. The number of allylic oxidation sites excluding steroid dienone is 3. The molecule has 1 saturated heterocycles. The molecule has 6 rings (SSSR count). The minimum absolute atomic E-state index is 0.110. The van der Waals surface area contributed by atoms with Gasteiger partial charge in [0, 0.05) is 42.4 Å². The van der Waals surface area contributed by atoms with E-state index < -0.39 is 5.91 Å². The van der Waals surface area contributed by atoms with Crippen molar-refractivity contribution >= 4 is 29.1 Å². The number of fused-ring (bicyclic) bond motifs is 1. The molecule has 3 heterocycles. The molecule has 9 nitrogen and oxygen atoms in total. The number of primary amides is 1. The van der Waals surface area contributed by atoms with Gasteiger partial charge in [-0.3, -0.25) is 14.4 Å². The number of amides is 3. The number of anilines is 2. The molecule has 2 unspecified atom stereocenters. The van der Waals surface area contributed by atoms with Gasteiger partial charge in [-0.2, -0.15) is 5.10 Å². The second-order valence-electron chi connectivity index (χ2n) is 10.8. The van der Waals surface area contributed by atoms with Crippen LogP contribution in [0.15, 0.2) is 72.8 Å². The lowest BCUT2D eigenvalue weighted by Gasteiger charge is -2.29. The summed E-state index contributed by atoms with van der Waals surface area (Å²) in [5, 5.41) is 4.48. The molecule has 2 aliphatic heterocycles. The van der Waals surface area contributed by atoms with Gasteiger partial charge in [0.05, 0.1) is 12.3 Å². The number of ether oxygens (including phenoxy) is 1. The highest BCUT2D eigenvalue weighted by Crippen LogP contribution is 2.31. The van der Waals surface area contributed by atoms with Crippen LogP contribution in [0.5, 0.6) is 5.75 Å². The molecule has 2 N–H and O–H groups in total. The van der Waals surface area contributed by atoms with E-state index in [1.807, 2.05) is 54.6 Å². The summed E-state index contributed by atoms with van der Waals surface area (Å²) >= 11 is 0. The van der Waals surface area contributed by atoms with Crippen LogP contribution in [0.25, 0.3) is 5.69 Å². The number of nitrogens with zero attached hydrogens (tertiary/aromatic N) is 4. The van der Waals surface area contributed by atoms with E-state index in [9.17, 15) is 14.4 Å². The number of benzene rings is 2. The fourth-order valence-corrected chi connectivity index (χ4v) is 5.73. The lowest BCUT2D eigenvalue weighted by atomic mass is 9.91. The third kappa shape index (κ3) is 5.15. The summed E-state index contributed by atoms with van der Waals surface area (Å²) in [4.78, 5) is 42.0. The van der Waals surface area contributed by atoms with Gasteiger partial charge in [-0.15, -0.1) is 0 Å². The van der Waals surface area contributed by atoms with E-state index in [0.717, 1.165) is 18.5 Å². The molecule has 1 aliphatic carbocycles. The molecule has 210 valence electrons. The molecule has 41 heavy (non-hydrogen) atoms. The van der Waals surface area contributed by atoms with Crippen LogP contribution >= 0.6 is 0 Å². The van der Waals surface area contributed by atoms with E-state index in [1.165, 1.54) is 4.68 Å². The van der Waals surface area contributed by atoms with Gasteiger partial charge < -0.3 is 20.3 Å². The van der Waals surface area contributed by atoms with Crippen LogP contribution in [0, 0.1) is 11.8 Å². The van der Waals surface area contributed by atoms with E-state index in [2.05, 4.69) is 30.3 Å². The van der Waals surface area contributed by atoms with E-state index in [1.54, 1.807) is 9.80 Å². The van der Waals surface area contributed by atoms with Crippen LogP contribution < -0.4 is 20.3 Å². The predicted octanol–water partition coefficient (Wildman–Crippen LogP) is 4.45. The van der Waals surface area contributed by atoms with Gasteiger partial charge in [0.2, 0.25) is 5.91 Å². The number of nitrogens with two attached hydrogens (primary N) is 1. The summed E-state index contributed by atoms with van der Waals surface area (Å²) in [5.74, 6) is 0.605. The van der Waals surface area contributed by atoms with Crippen molar-refractivity contribution in [1.29, 1.82) is 0 Å². The zero-order valence-electron chi connectivity index (χ0n) is 23.0. The van der Waals surface area contributed by atoms with Crippen LogP contribution in [-0.4, -0.2) is 47.2 Å². The van der Waals surface area contributed by atoms with Crippen LogP contribution in [0.1, 0.15) is 52.7 Å². The summed E-state index contributed by atoms with van der Waals surface area (Å²) in [5.41, 5.74) is 8.82. The first-order valence-electron chi connectivity index (χ1n) is 14.1. The number of aromatic nitrogens is 2. The quantitative estimate of drug-likeness (QED) is 0.467. The topological polar surface area (TPSA) is 111 Å². The molecule has 9 heteroatoms. The number of rotatable bonds is 7. The van der Waals surface area contributed by atoms with Crippen molar-refractivity contribution in [3.05, 3.63) is 89.8 Å². The Morgan fingerprint density at radius 3 is 2.27 bits per heavy atom. The van der Waals surface area contributed by atoms with Crippen molar-refractivity contribution in [2.24, 2.45) is 17.6 Å². The van der Waals surface area contributed by atoms with Gasteiger partial charge in [0.1, 0.15) is 11.4 Å². The second-order valence-corrected chi connectivity index (χ2v) is 10.8. The molecule has 0 radical (unpaired) electrons. The van der Waals surface area contributed by atoms with Gasteiger partial charge >= 0.3 is 0 Å². The fourth-order valence-electron chi connectivity index (χ4n) is 5.73. The Balaban J connectivity index is 1.24. The molecule has 1 fully saturated rings. The van der Waals surface area contributed by atoms with Gasteiger partial charge in [0.25, 0.3) is 11.8 Å². The fraction of sp³-hybridized carbons (Fsp3) is 0.312. The molecule has 2 atom stereocenters. The van der Waals surface area contributed by atoms with Crippen LogP contribution in [0.3, 0.4) is 0 Å². The van der Waals surface area contributed by atoms with Gasteiger partial charge in [0.15, 0.2) is 5.69 Å². The van der Waals surface area contributed by atoms with Gasteiger partial charge in [-0.1, -0.05) is 31.2 Å². The number of hydrogen-bond acceptors (Lipinski definition) is 5. The first kappa shape index (κ1) is 26.6. The molecule has 0 saturated carbocycles. The second kappa shape index (κ2) is 11.1. The maximum absolute atomic E-state index is 13.9. The lowest BCUT2D eigenvalue weighted by Crippen LogP contribution is -2.39. The van der Waals surface area contributed by atoms with Crippen molar-refractivity contribution < 1.29 is 19.1 Å². The Kier molecular flexibility index (Phi) is 7.17. The predicted molar refractivity (Wildman–Crippen MR) is 157 cm³/mol. The Bertz CT molecular complexity index is 1540. The molecular weight excluding hydrogens is 518 g/mol. The minimum Gasteiger partial charge on any atom is -0.493 e. The average molecular weight is 552 g/mol. The van der Waals surface area contributed by atoms with Crippen molar-refractivity contribution in [2.45, 2.75) is 32.6 Å². The first-order chi connectivity index (χ1) is 19.9. The normalized spacial score (nSPS) is 20.3. The van der Waals surface area contributed by atoms with Gasteiger partial charge in [-0.05, 0) is 73.7 Å². The van der Waals surface area contributed by atoms with Crippen molar-refractivity contribution in [3.8, 4) is 11.4 Å². The van der Waals surface area contributed by atoms with E-state index in [0.29, 0.717) is 72.8 Å². The Hall–Kier alpha value is -4.66. The monoisotopic (exact) mass is 551 g/mol. The van der Waals surface area contributed by atoms with Crippen molar-refractivity contribution in [3.63, 3.8) is 0 Å². The Morgan fingerprint density at radius 2 is 1.59 bits per heavy atom. The van der Waals surface area contributed by atoms with E-state index in [-0.39, 0.29) is 17.5 Å². The third-order valence-corrected chi connectivity index (χ3v) is 8.13. The highest BCUT2D eigenvalue weighted by atomic mass is 16.5. The lowest BCUT2D eigenvalue weighted by molar-refractivity contribution is -0.119. The molecule has 0 spiro atoms. The summed E-state index contributed by atoms with van der Waals surface area (Å²) in [6.07, 6.45) is 11.3. The maximum Gasteiger partial charge on any atom is 0.277 e. The Labute approximate surface area is 238 Å². The highest BCUT2D eigenvalue weighted by Gasteiger charge is 2.34. The molecule has 3 aliphatic rings. The van der Waals surface area contributed by atoms with Crippen LogP contribution in [0.2, 0.25) is 0 Å². The molecule has 3 aromatic rings. The molecule has 0 bridgehead atoms. The maximum atomic E-state index is 13.9. The average Bonchev–Trinajstić information content (AvgIpc) is 3.39. The molecule has 2 aromatic carbocycles. The highest BCUT2D eigenvalue weighted by molar-refractivity contribution is 6.09. The number of hydrogen-bond donors (Lipinski definition) is 1. The van der Waals surface area contributed by atoms with Crippen molar-refractivity contribution in [2.75, 3.05) is 29.5 Å². The SMILES string of the molecule is CC1C=CC=CC1COc1ccc(-n2nc(C(N)=O)c3c2C(=O)N(c2ccc(N4CCCCC4=O)cc2)CC3)cc1. The summed E-state index contributed by atoms with van der Waals surface area (Å²) in [6, 6.07) is 14.8. The molecule has 1 aromatic heterocycles. The summed E-state index contributed by atoms with van der Waals surface area (Å²) in [7, 11) is 0. The summed E-state index contributed by atoms with van der Waals surface area (Å²) in [6.45, 7) is 3.81. The zero-order valence-corrected chi connectivity index (χ0v) is 23.0. The smallest absolute Gasteiger partial charge is 0.277 e. The minimum atomic E-state index is -0.666. The van der Waals surface area contributed by atoms with Gasteiger partial charge in [-0.25, -0.2) is 4.68 Å². The third-order valence-electron chi connectivity index (χ3n) is 8.13. The molecule has 3 amide bonds. The van der Waals surface area contributed by atoms with E-state index in [4.69, 9.17) is 10.5 Å². The van der Waals surface area contributed by atoms with E-state index >= 15 is 0 Å². The number of carbonyl (C=O) groups is 3. The standard InChI is InChI=1S/C32H33N5O4/c1-21-6-2-3-7-22(21)20-41-26-15-13-25(14-16-26)37-30-27(29(34-37)31(33)39)17-19-36(32(30)40)24-11-9-23(10-12-24)35-18-5-4-8-28(35)38/h2-3,6-7,9-16,21-22H,4-5,8,17-20H2,1H3,(H2,33,39). The number of piperidine rings is 1. The number of carbonyl (C=O) groups excluding carboxylic acids is 3. The summed E-state index contributed by atoms with van der Waals surface area (Å²) < 4.78 is 7.54. The Morgan fingerprint density at radius 1 is 0.902 bits per heavy atom.